The molecular weight excluding hydrogens is 753 g/mol. The number of piperidine rings is 2. The summed E-state index contributed by atoms with van der Waals surface area (Å²) in [5, 5.41) is 52.9. The van der Waals surface area contributed by atoms with Gasteiger partial charge in [0.05, 0.1) is 55.4 Å². The molecule has 8 fully saturated rings. The number of esters is 1. The summed E-state index contributed by atoms with van der Waals surface area (Å²) in [6.45, 7) is 5.14. The number of allylic oxidation sites excluding steroid dienone is 1. The van der Waals surface area contributed by atoms with Gasteiger partial charge >= 0.3 is 5.97 Å². The van der Waals surface area contributed by atoms with Crippen LogP contribution in [0, 0.1) is 65.1 Å². The molecule has 5 saturated heterocycles. The summed E-state index contributed by atoms with van der Waals surface area (Å²) in [6, 6.07) is 0. The third-order valence-electron chi connectivity index (χ3n) is 17.4. The first-order chi connectivity index (χ1) is 28.4. The van der Waals surface area contributed by atoms with Crippen LogP contribution in [0.15, 0.2) is 11.6 Å². The van der Waals surface area contributed by atoms with Crippen LogP contribution in [0.3, 0.4) is 0 Å². The fourth-order valence-electron chi connectivity index (χ4n) is 14.4. The predicted octanol–water partition coefficient (Wildman–Crippen LogP) is 2.90. The van der Waals surface area contributed by atoms with Crippen molar-refractivity contribution in [3.63, 3.8) is 0 Å². The van der Waals surface area contributed by atoms with Crippen molar-refractivity contribution in [2.75, 3.05) is 26.3 Å². The number of hydrogen-bond acceptors (Lipinski definition) is 13. The second-order valence-corrected chi connectivity index (χ2v) is 20.5. The van der Waals surface area contributed by atoms with Crippen LogP contribution in [0.1, 0.15) is 117 Å². The zero-order valence-corrected chi connectivity index (χ0v) is 35.7. The number of ether oxygens (including phenoxy) is 3. The Labute approximate surface area is 351 Å². The number of aliphatic hydroxyl groups excluding tert-OH is 4. The number of hydrogen-bond donors (Lipinski definition) is 8. The monoisotopic (exact) mass is 829 g/mol. The summed E-state index contributed by atoms with van der Waals surface area (Å²) >= 11 is 0. The second-order valence-electron chi connectivity index (χ2n) is 20.5. The standard InChI is InChI=1S/C46H76N4O9/c1-3-30(25-7-4-5-8-25)45(56)58-36-20-33-41(55)39-35(54)19-29(22-51)57-43(39)40-38(34(23-52)26-9-6-10-28(53)18-26)31-15-16-49-44(48)32(31)13-12-27(46(36,2)59-42(33)40)17-24-11-14-37(47)50-21-24/h3,24-29,31-34,36-44,49-53,55H,4-23,47-48H2,1-2H3/t24?,26?,27-,28?,29?,31?,32?,33?,34+,36-,37?,38?,39?,40?,41?,42?,43?,44?,46-/m0/s1. The Hall–Kier alpha value is -1.52. The van der Waals surface area contributed by atoms with Gasteiger partial charge in [0, 0.05) is 30.4 Å². The highest BCUT2D eigenvalue weighted by molar-refractivity contribution is 5.89. The van der Waals surface area contributed by atoms with Gasteiger partial charge in [0.15, 0.2) is 0 Å². The molecule has 334 valence electrons. The smallest absolute Gasteiger partial charge is 0.334 e. The maximum atomic E-state index is 14.5. The molecule has 13 nitrogen and oxygen atoms in total. The summed E-state index contributed by atoms with van der Waals surface area (Å²) in [6.07, 6.45) is 9.87. The van der Waals surface area contributed by atoms with Gasteiger partial charge in [0.2, 0.25) is 0 Å². The summed E-state index contributed by atoms with van der Waals surface area (Å²) < 4.78 is 21.4. The minimum absolute atomic E-state index is 0.00673. The molecule has 0 spiro atoms. The van der Waals surface area contributed by atoms with Gasteiger partial charge in [-0.3, -0.25) is 4.79 Å². The summed E-state index contributed by atoms with van der Waals surface area (Å²) in [5.74, 6) is -2.19. The van der Waals surface area contributed by atoms with Crippen molar-refractivity contribution in [1.82, 2.24) is 10.6 Å². The summed E-state index contributed by atoms with van der Waals surface area (Å²) in [5.41, 5.74) is 13.2. The van der Waals surface area contributed by atoms with E-state index in [1.165, 1.54) is 0 Å². The van der Waals surface area contributed by atoms with E-state index < -0.39 is 60.0 Å². The SMILES string of the molecule is CC=C(C(=O)O[C@H]1CC2C(O)C3C(=O)CC(CO)OC3C3C2O[C@@]1(C)[C@H](CC1CCC(N)NC1)CCC1C(N)NCCC1C3[C@H](CO)C1CCCC(O)C1)C1CCCC1. The Balaban J connectivity index is 1.27. The fourth-order valence-corrected chi connectivity index (χ4v) is 14.4. The van der Waals surface area contributed by atoms with Crippen LogP contribution in [-0.2, 0) is 23.8 Å². The predicted molar refractivity (Wildman–Crippen MR) is 221 cm³/mol. The van der Waals surface area contributed by atoms with Crippen LogP contribution in [0.2, 0.25) is 0 Å². The molecule has 0 amide bonds. The minimum atomic E-state index is -1.11. The van der Waals surface area contributed by atoms with Gasteiger partial charge in [-0.2, -0.15) is 0 Å². The maximum Gasteiger partial charge on any atom is 0.334 e. The Kier molecular flexibility index (Phi) is 14.0. The topological polar surface area (TPSA) is 219 Å². The number of nitrogens with two attached hydrogens (primary N) is 2. The van der Waals surface area contributed by atoms with Crippen molar-refractivity contribution >= 4 is 11.8 Å². The molecular formula is C46H76N4O9. The average molecular weight is 829 g/mol. The van der Waals surface area contributed by atoms with Crippen LogP contribution in [0.4, 0.5) is 0 Å². The lowest BCUT2D eigenvalue weighted by molar-refractivity contribution is -0.309. The molecule has 19 atom stereocenters. The van der Waals surface area contributed by atoms with Gasteiger partial charge < -0.3 is 56.7 Å². The lowest BCUT2D eigenvalue weighted by atomic mass is 9.51. The average Bonchev–Trinajstić information content (AvgIpc) is 3.75. The fraction of sp³-hybridized carbons (Fsp3) is 0.913. The molecule has 5 heterocycles. The molecule has 2 bridgehead atoms. The molecule has 0 aromatic rings. The van der Waals surface area contributed by atoms with Gasteiger partial charge in [-0.05, 0) is 151 Å². The van der Waals surface area contributed by atoms with E-state index in [-0.39, 0.29) is 85.1 Å². The first kappa shape index (κ1) is 44.1. The number of Topliss-reactive ketones (excluding diaryl/α,β-unsaturated/α-hetero) is 1. The highest BCUT2D eigenvalue weighted by Gasteiger charge is 2.66. The van der Waals surface area contributed by atoms with E-state index >= 15 is 0 Å². The zero-order valence-electron chi connectivity index (χ0n) is 35.7. The number of aliphatic hydroxyl groups is 4. The molecule has 3 aliphatic carbocycles. The van der Waals surface area contributed by atoms with E-state index in [0.29, 0.717) is 30.9 Å². The van der Waals surface area contributed by atoms with Crippen LogP contribution in [0.25, 0.3) is 0 Å². The number of carbonyl (C=O) groups excluding carboxylic acids is 2. The molecule has 8 aliphatic rings. The van der Waals surface area contributed by atoms with Crippen molar-refractivity contribution in [3.05, 3.63) is 11.6 Å². The molecule has 8 rings (SSSR count). The van der Waals surface area contributed by atoms with Crippen LogP contribution >= 0.6 is 0 Å². The third kappa shape index (κ3) is 8.62. The van der Waals surface area contributed by atoms with Crippen LogP contribution < -0.4 is 22.1 Å². The van der Waals surface area contributed by atoms with Gasteiger partial charge in [0.1, 0.15) is 17.5 Å². The molecule has 3 saturated carbocycles. The van der Waals surface area contributed by atoms with Crippen molar-refractivity contribution in [2.24, 2.45) is 76.6 Å². The molecule has 0 aromatic heterocycles. The van der Waals surface area contributed by atoms with E-state index in [1.807, 2.05) is 13.0 Å². The van der Waals surface area contributed by atoms with Gasteiger partial charge in [-0.15, -0.1) is 0 Å². The zero-order chi connectivity index (χ0) is 41.6. The van der Waals surface area contributed by atoms with Crippen molar-refractivity contribution in [1.29, 1.82) is 0 Å². The number of carbonyl (C=O) groups is 2. The first-order valence-corrected chi connectivity index (χ1v) is 23.7. The molecule has 15 unspecified atom stereocenters. The van der Waals surface area contributed by atoms with Crippen molar-refractivity contribution < 1.29 is 44.2 Å². The number of fused-ring (bicyclic) bond motifs is 4. The van der Waals surface area contributed by atoms with E-state index in [4.69, 9.17) is 25.7 Å². The molecule has 10 N–H and O–H groups in total. The van der Waals surface area contributed by atoms with Gasteiger partial charge in [-0.25, -0.2) is 4.79 Å². The highest BCUT2D eigenvalue weighted by Crippen LogP contribution is 2.59. The number of rotatable bonds is 9. The molecule has 13 heteroatoms. The van der Waals surface area contributed by atoms with Gasteiger partial charge in [0.25, 0.3) is 0 Å². The van der Waals surface area contributed by atoms with Crippen LogP contribution in [0.5, 0.6) is 0 Å². The maximum absolute atomic E-state index is 14.5. The van der Waals surface area contributed by atoms with Crippen LogP contribution in [-0.4, -0.2) is 113 Å². The Bertz CT molecular complexity index is 1490. The van der Waals surface area contributed by atoms with Crippen molar-refractivity contribution in [3.8, 4) is 0 Å². The number of ketones is 1. The highest BCUT2D eigenvalue weighted by atomic mass is 16.6. The summed E-state index contributed by atoms with van der Waals surface area (Å²) in [4.78, 5) is 28.8. The Morgan fingerprint density at radius 2 is 1.75 bits per heavy atom. The first-order valence-electron chi connectivity index (χ1n) is 23.7. The largest absolute Gasteiger partial charge is 0.456 e. The van der Waals surface area contributed by atoms with Gasteiger partial charge in [-0.1, -0.05) is 25.3 Å². The van der Waals surface area contributed by atoms with E-state index in [2.05, 4.69) is 17.6 Å². The number of nitrogens with one attached hydrogen (secondary N) is 2. The van der Waals surface area contributed by atoms with Crippen molar-refractivity contribution in [2.45, 2.75) is 171 Å². The quantitative estimate of drug-likeness (QED) is 0.124. The normalized spacial score (nSPS) is 47.8. The Morgan fingerprint density at radius 3 is 2.44 bits per heavy atom. The molecule has 0 aromatic carbocycles. The molecule has 5 aliphatic heterocycles. The minimum Gasteiger partial charge on any atom is -0.456 e. The molecule has 59 heavy (non-hydrogen) atoms. The third-order valence-corrected chi connectivity index (χ3v) is 17.4. The lowest BCUT2D eigenvalue weighted by Crippen LogP contribution is -2.71. The van der Waals surface area contributed by atoms with E-state index in [1.54, 1.807) is 0 Å². The Morgan fingerprint density at radius 1 is 0.949 bits per heavy atom. The second kappa shape index (κ2) is 18.7. The van der Waals surface area contributed by atoms with E-state index in [0.717, 1.165) is 90.0 Å². The molecule has 0 radical (unpaired) electrons. The summed E-state index contributed by atoms with van der Waals surface area (Å²) in [7, 11) is 0. The van der Waals surface area contributed by atoms with E-state index in [9.17, 15) is 30.0 Å². The lowest BCUT2D eigenvalue weighted by Gasteiger charge is -2.63.